The quantitative estimate of drug-likeness (QED) is 0.720. The summed E-state index contributed by atoms with van der Waals surface area (Å²) in [5, 5.41) is 16.4. The van der Waals surface area contributed by atoms with E-state index in [9.17, 15) is 5.11 Å². The molecule has 0 radical (unpaired) electrons. The Morgan fingerprint density at radius 1 is 1.31 bits per heavy atom. The summed E-state index contributed by atoms with van der Waals surface area (Å²) in [6.07, 6.45) is 15.9. The normalized spacial score (nSPS) is 27.8. The molecule has 4 aliphatic rings. The first kappa shape index (κ1) is 17.7. The Morgan fingerprint density at radius 2 is 2.12 bits per heavy atom. The van der Waals surface area contributed by atoms with Crippen LogP contribution in [0.15, 0.2) is 47.2 Å². The van der Waals surface area contributed by atoms with Crippen LogP contribution in [0.3, 0.4) is 0 Å². The molecule has 2 aliphatic heterocycles. The summed E-state index contributed by atoms with van der Waals surface area (Å²) in [5.41, 5.74) is 6.40. The highest BCUT2D eigenvalue weighted by molar-refractivity contribution is 5.47. The minimum absolute atomic E-state index is 0.423. The molecular formula is C21H31N3O2. The van der Waals surface area contributed by atoms with Gasteiger partial charge in [0.2, 0.25) is 0 Å². The summed E-state index contributed by atoms with van der Waals surface area (Å²) in [5.74, 6) is 1.70. The van der Waals surface area contributed by atoms with Gasteiger partial charge in [-0.15, -0.1) is 0 Å². The predicted molar refractivity (Wildman–Crippen MR) is 102 cm³/mol. The molecule has 2 heterocycles. The maximum Gasteiger partial charge on any atom is 0.163 e. The molecule has 0 spiro atoms. The summed E-state index contributed by atoms with van der Waals surface area (Å²) in [6.45, 7) is 4.98. The molecule has 0 saturated heterocycles. The van der Waals surface area contributed by atoms with Crippen LogP contribution in [0.25, 0.3) is 0 Å². The van der Waals surface area contributed by atoms with E-state index in [1.807, 2.05) is 31.0 Å². The van der Waals surface area contributed by atoms with Gasteiger partial charge in [0.15, 0.2) is 6.23 Å². The first-order chi connectivity index (χ1) is 12.5. The van der Waals surface area contributed by atoms with Crippen molar-refractivity contribution in [3.63, 3.8) is 0 Å². The van der Waals surface area contributed by atoms with E-state index >= 15 is 0 Å². The van der Waals surface area contributed by atoms with Gasteiger partial charge in [-0.2, -0.15) is 0 Å². The average molecular weight is 357 g/mol. The molecule has 0 unspecified atom stereocenters. The lowest BCUT2D eigenvalue weighted by Crippen LogP contribution is -2.64. The second kappa shape index (κ2) is 7.12. The molecule has 0 aromatic carbocycles. The number of aliphatic hydroxyl groups is 1. The van der Waals surface area contributed by atoms with Gasteiger partial charge in [-0.25, -0.2) is 5.43 Å². The third-order valence-corrected chi connectivity index (χ3v) is 6.01. The van der Waals surface area contributed by atoms with Gasteiger partial charge in [-0.1, -0.05) is 38.2 Å². The summed E-state index contributed by atoms with van der Waals surface area (Å²) < 4.78 is 5.68. The van der Waals surface area contributed by atoms with Crippen molar-refractivity contribution in [1.29, 1.82) is 0 Å². The van der Waals surface area contributed by atoms with Crippen LogP contribution in [0, 0.1) is 5.92 Å². The zero-order valence-corrected chi connectivity index (χ0v) is 15.9. The Bertz CT molecular complexity index is 669. The van der Waals surface area contributed by atoms with Crippen molar-refractivity contribution >= 4 is 0 Å². The first-order valence-electron chi connectivity index (χ1n) is 10.0. The van der Waals surface area contributed by atoms with Crippen LogP contribution in [0.5, 0.6) is 0 Å². The van der Waals surface area contributed by atoms with Gasteiger partial charge in [-0.3, -0.25) is 5.01 Å². The van der Waals surface area contributed by atoms with Crippen LogP contribution >= 0.6 is 0 Å². The van der Waals surface area contributed by atoms with E-state index in [0.29, 0.717) is 0 Å². The lowest BCUT2D eigenvalue weighted by Gasteiger charge is -2.48. The Balaban J connectivity index is 1.50. The third-order valence-electron chi connectivity index (χ3n) is 6.01. The number of hydrogen-bond donors (Lipinski definition) is 3. The van der Waals surface area contributed by atoms with Gasteiger partial charge in [0.05, 0.1) is 17.5 Å². The van der Waals surface area contributed by atoms with Gasteiger partial charge < -0.3 is 15.2 Å². The van der Waals surface area contributed by atoms with Crippen LogP contribution in [-0.2, 0) is 4.74 Å². The Morgan fingerprint density at radius 3 is 2.92 bits per heavy atom. The third kappa shape index (κ3) is 3.42. The molecule has 5 heteroatoms. The number of fused-ring (bicyclic) bond motifs is 1. The van der Waals surface area contributed by atoms with E-state index in [-0.39, 0.29) is 0 Å². The zero-order valence-electron chi connectivity index (χ0n) is 15.9. The number of nitrogens with zero attached hydrogens (tertiary/aromatic N) is 1. The molecule has 0 bridgehead atoms. The fraction of sp³-hybridized carbons (Fsp3) is 0.619. The monoisotopic (exact) mass is 357 g/mol. The highest BCUT2D eigenvalue weighted by Gasteiger charge is 2.41. The Labute approximate surface area is 156 Å². The van der Waals surface area contributed by atoms with E-state index in [4.69, 9.17) is 4.74 Å². The van der Waals surface area contributed by atoms with Crippen molar-refractivity contribution < 1.29 is 9.84 Å². The van der Waals surface area contributed by atoms with E-state index < -0.39 is 11.8 Å². The number of nitrogens with one attached hydrogen (secondary N) is 2. The van der Waals surface area contributed by atoms with Gasteiger partial charge in [0.1, 0.15) is 5.76 Å². The Hall–Kier alpha value is -1.72. The summed E-state index contributed by atoms with van der Waals surface area (Å²) in [6, 6.07) is 0. The molecule has 1 saturated carbocycles. The van der Waals surface area contributed by atoms with E-state index in [0.717, 1.165) is 36.0 Å². The topological polar surface area (TPSA) is 56.8 Å². The molecule has 5 nitrogen and oxygen atoms in total. The number of hydrogen-bond acceptors (Lipinski definition) is 5. The SMILES string of the molecule is CC1(C)NC2=C(C=C3OC=CC=C3C2)N(NCCC2CCCCC2)[C@@H]1O. The lowest BCUT2D eigenvalue weighted by atomic mass is 9.87. The molecule has 3 N–H and O–H groups in total. The fourth-order valence-corrected chi connectivity index (χ4v) is 4.46. The van der Waals surface area contributed by atoms with Gasteiger partial charge in [-0.05, 0) is 32.3 Å². The number of aliphatic hydroxyl groups excluding tert-OH is 1. The van der Waals surface area contributed by atoms with Crippen molar-refractivity contribution in [2.75, 3.05) is 6.54 Å². The minimum atomic E-state index is -0.644. The molecule has 0 amide bonds. The molecule has 1 atom stereocenters. The number of ether oxygens (including phenoxy) is 1. The standard InChI is InChI=1S/C21H31N3O2/c1-21(2)20(25)24(22-11-10-15-7-4-3-5-8-15)18-14-19-16(9-6-12-26-19)13-17(18)23-21/h6,9,12,14-15,20,22-23,25H,3-5,7-8,10-11,13H2,1-2H3/t20-/m1/s1. The fourth-order valence-electron chi connectivity index (χ4n) is 4.46. The Kier molecular flexibility index (Phi) is 4.84. The summed E-state index contributed by atoms with van der Waals surface area (Å²) >= 11 is 0. The zero-order chi connectivity index (χ0) is 18.1. The van der Waals surface area contributed by atoms with E-state index in [1.165, 1.54) is 44.1 Å². The van der Waals surface area contributed by atoms with Gasteiger partial charge >= 0.3 is 0 Å². The van der Waals surface area contributed by atoms with Gasteiger partial charge in [0, 0.05) is 30.3 Å². The predicted octanol–water partition coefficient (Wildman–Crippen LogP) is 3.43. The lowest BCUT2D eigenvalue weighted by molar-refractivity contribution is -0.0700. The molecule has 2 aliphatic carbocycles. The molecular weight excluding hydrogens is 326 g/mol. The number of rotatable bonds is 4. The van der Waals surface area contributed by atoms with E-state index in [1.54, 1.807) is 6.26 Å². The highest BCUT2D eigenvalue weighted by Crippen LogP contribution is 2.37. The van der Waals surface area contributed by atoms with Crippen LogP contribution in [0.4, 0.5) is 0 Å². The molecule has 1 fully saturated rings. The maximum atomic E-state index is 10.9. The van der Waals surface area contributed by atoms with Crippen molar-refractivity contribution in [3.8, 4) is 0 Å². The average Bonchev–Trinajstić information content (AvgIpc) is 2.64. The number of hydrazine groups is 1. The minimum Gasteiger partial charge on any atom is -0.465 e. The van der Waals surface area contributed by atoms with Crippen LogP contribution in [0.1, 0.15) is 58.8 Å². The van der Waals surface area contributed by atoms with Crippen molar-refractivity contribution in [2.45, 2.75) is 70.6 Å². The summed E-state index contributed by atoms with van der Waals surface area (Å²) in [4.78, 5) is 0. The highest BCUT2D eigenvalue weighted by atomic mass is 16.5. The van der Waals surface area contributed by atoms with Crippen molar-refractivity contribution in [3.05, 3.63) is 47.2 Å². The smallest absolute Gasteiger partial charge is 0.163 e. The summed E-state index contributed by atoms with van der Waals surface area (Å²) in [7, 11) is 0. The molecule has 4 rings (SSSR count). The van der Waals surface area contributed by atoms with Crippen molar-refractivity contribution in [1.82, 2.24) is 15.8 Å². The van der Waals surface area contributed by atoms with Crippen LogP contribution in [0.2, 0.25) is 0 Å². The van der Waals surface area contributed by atoms with Gasteiger partial charge in [0.25, 0.3) is 0 Å². The number of allylic oxidation sites excluding steroid dienone is 5. The van der Waals surface area contributed by atoms with Crippen LogP contribution in [-0.4, -0.2) is 28.4 Å². The molecule has 26 heavy (non-hydrogen) atoms. The molecule has 0 aromatic heterocycles. The van der Waals surface area contributed by atoms with Crippen LogP contribution < -0.4 is 10.7 Å². The molecule has 142 valence electrons. The maximum absolute atomic E-state index is 10.9. The second-order valence-electron chi connectivity index (χ2n) is 8.48. The van der Waals surface area contributed by atoms with E-state index in [2.05, 4.69) is 16.8 Å². The van der Waals surface area contributed by atoms with Crippen molar-refractivity contribution in [2.24, 2.45) is 5.92 Å². The molecule has 0 aromatic rings. The second-order valence-corrected chi connectivity index (χ2v) is 8.48. The largest absolute Gasteiger partial charge is 0.465 e. The first-order valence-corrected chi connectivity index (χ1v) is 10.0.